The average Bonchev–Trinajstić information content (AvgIpc) is 2.88. The van der Waals surface area contributed by atoms with Gasteiger partial charge in [-0.1, -0.05) is 29.3 Å². The molecule has 0 radical (unpaired) electrons. The molecule has 0 saturated carbocycles. The summed E-state index contributed by atoms with van der Waals surface area (Å²) in [5, 5.41) is 6.14. The Bertz CT molecular complexity index is 615. The van der Waals surface area contributed by atoms with Crippen molar-refractivity contribution in [3.05, 3.63) is 33.6 Å². The van der Waals surface area contributed by atoms with Crippen molar-refractivity contribution >= 4 is 57.2 Å². The van der Waals surface area contributed by atoms with Crippen molar-refractivity contribution in [3.8, 4) is 11.3 Å². The van der Waals surface area contributed by atoms with Crippen molar-refractivity contribution in [3.63, 3.8) is 0 Å². The van der Waals surface area contributed by atoms with Gasteiger partial charge < -0.3 is 5.32 Å². The van der Waals surface area contributed by atoms with Crippen LogP contribution in [0.4, 0.5) is 5.13 Å². The normalized spacial score (nSPS) is 10.6. The lowest BCUT2D eigenvalue weighted by Gasteiger charge is -2.01. The smallest absolute Gasteiger partial charge is 0.226 e. The monoisotopic (exact) mass is 348 g/mol. The van der Waals surface area contributed by atoms with Gasteiger partial charge in [0, 0.05) is 23.2 Å². The van der Waals surface area contributed by atoms with E-state index in [0.29, 0.717) is 33.9 Å². The second-order valence-electron chi connectivity index (χ2n) is 4.01. The molecule has 2 rings (SSSR count). The molecule has 1 heterocycles. The Morgan fingerprint density at radius 1 is 1.30 bits per heavy atom. The molecule has 7 heteroatoms. The first kappa shape index (κ1) is 15.6. The van der Waals surface area contributed by atoms with E-state index >= 15 is 0 Å². The summed E-state index contributed by atoms with van der Waals surface area (Å²) in [6.45, 7) is 0. The zero-order chi connectivity index (χ0) is 14.5. The van der Waals surface area contributed by atoms with Crippen LogP contribution in [0.3, 0.4) is 0 Å². The minimum absolute atomic E-state index is 0.0827. The van der Waals surface area contributed by atoms with E-state index in [1.165, 1.54) is 11.3 Å². The third-order valence-electron chi connectivity index (χ3n) is 2.50. The first-order valence-electron chi connectivity index (χ1n) is 5.87. The highest BCUT2D eigenvalue weighted by Gasteiger charge is 2.09. The molecule has 0 aliphatic heterocycles. The molecule has 0 bridgehead atoms. The van der Waals surface area contributed by atoms with Crippen LogP contribution < -0.4 is 5.32 Å². The van der Waals surface area contributed by atoms with E-state index in [4.69, 9.17) is 34.8 Å². The molecule has 0 fully saturated rings. The summed E-state index contributed by atoms with van der Waals surface area (Å²) < 4.78 is 0. The highest BCUT2D eigenvalue weighted by atomic mass is 35.5. The largest absolute Gasteiger partial charge is 0.302 e. The number of amides is 1. The number of carbonyl (C=O) groups is 1. The highest BCUT2D eigenvalue weighted by Crippen LogP contribution is 2.30. The second kappa shape index (κ2) is 7.27. The Balaban J connectivity index is 2.08. The predicted molar refractivity (Wildman–Crippen MR) is 86.2 cm³/mol. The molecule has 0 saturated heterocycles. The van der Waals surface area contributed by atoms with E-state index in [9.17, 15) is 4.79 Å². The Labute approximate surface area is 135 Å². The fraction of sp³-hybridized carbons (Fsp3) is 0.231. The molecule has 1 aromatic carbocycles. The SMILES string of the molecule is O=C(CCCCl)Nc1nc(-c2ccc(Cl)c(Cl)c2)cs1. The van der Waals surface area contributed by atoms with Gasteiger partial charge in [0.15, 0.2) is 5.13 Å². The summed E-state index contributed by atoms with van der Waals surface area (Å²) >= 11 is 18.8. The van der Waals surface area contributed by atoms with Gasteiger partial charge in [0.2, 0.25) is 5.91 Å². The molecule has 1 N–H and O–H groups in total. The van der Waals surface area contributed by atoms with Gasteiger partial charge in [-0.15, -0.1) is 22.9 Å². The van der Waals surface area contributed by atoms with E-state index in [1.54, 1.807) is 12.1 Å². The maximum absolute atomic E-state index is 11.6. The fourth-order valence-electron chi connectivity index (χ4n) is 1.53. The van der Waals surface area contributed by atoms with Crippen LogP contribution in [0.1, 0.15) is 12.8 Å². The molecule has 0 spiro atoms. The number of nitrogens with one attached hydrogen (secondary N) is 1. The van der Waals surface area contributed by atoms with Crippen LogP contribution in [0.15, 0.2) is 23.6 Å². The standard InChI is InChI=1S/C13H11Cl3N2OS/c14-5-1-2-12(19)18-13-17-11(7-20-13)8-3-4-9(15)10(16)6-8/h3-4,6-7H,1-2,5H2,(H,17,18,19). The van der Waals surface area contributed by atoms with E-state index in [-0.39, 0.29) is 5.91 Å². The number of alkyl halides is 1. The molecule has 1 amide bonds. The van der Waals surface area contributed by atoms with Gasteiger partial charge in [-0.05, 0) is 18.6 Å². The molecular weight excluding hydrogens is 339 g/mol. The van der Waals surface area contributed by atoms with Crippen LogP contribution in [-0.2, 0) is 4.79 Å². The zero-order valence-electron chi connectivity index (χ0n) is 10.3. The number of anilines is 1. The van der Waals surface area contributed by atoms with E-state index in [0.717, 1.165) is 11.3 Å². The molecule has 0 aliphatic carbocycles. The Kier molecular flexibility index (Phi) is 5.66. The van der Waals surface area contributed by atoms with Gasteiger partial charge >= 0.3 is 0 Å². The van der Waals surface area contributed by atoms with Crippen LogP contribution in [0.5, 0.6) is 0 Å². The van der Waals surface area contributed by atoms with Crippen LogP contribution in [0, 0.1) is 0 Å². The minimum atomic E-state index is -0.0827. The average molecular weight is 350 g/mol. The fourth-order valence-corrected chi connectivity index (χ4v) is 2.70. The molecule has 0 unspecified atom stereocenters. The van der Waals surface area contributed by atoms with Crippen LogP contribution in [0.2, 0.25) is 10.0 Å². The third-order valence-corrected chi connectivity index (χ3v) is 4.27. The summed E-state index contributed by atoms with van der Waals surface area (Å²) in [5.41, 5.74) is 1.61. The maximum Gasteiger partial charge on any atom is 0.226 e. The molecule has 1 aromatic heterocycles. The molecule has 3 nitrogen and oxygen atoms in total. The van der Waals surface area contributed by atoms with Gasteiger partial charge in [-0.3, -0.25) is 4.79 Å². The van der Waals surface area contributed by atoms with Crippen molar-refractivity contribution in [1.82, 2.24) is 4.98 Å². The van der Waals surface area contributed by atoms with Crippen LogP contribution >= 0.6 is 46.1 Å². The molecule has 0 atom stereocenters. The van der Waals surface area contributed by atoms with Gasteiger partial charge in [-0.2, -0.15) is 0 Å². The highest BCUT2D eigenvalue weighted by molar-refractivity contribution is 7.14. The third kappa shape index (κ3) is 4.09. The molecular formula is C13H11Cl3N2OS. The summed E-state index contributed by atoms with van der Waals surface area (Å²) in [7, 11) is 0. The predicted octanol–water partition coefficient (Wildman–Crippen LogP) is 5.07. The topological polar surface area (TPSA) is 42.0 Å². The number of thiazole rings is 1. The first-order chi connectivity index (χ1) is 9.60. The summed E-state index contributed by atoms with van der Waals surface area (Å²) in [5.74, 6) is 0.389. The number of hydrogen-bond donors (Lipinski definition) is 1. The number of benzene rings is 1. The second-order valence-corrected chi connectivity index (χ2v) is 6.06. The molecule has 106 valence electrons. The molecule has 2 aromatic rings. The van der Waals surface area contributed by atoms with Crippen molar-refractivity contribution < 1.29 is 4.79 Å². The van der Waals surface area contributed by atoms with Crippen molar-refractivity contribution in [2.45, 2.75) is 12.8 Å². The Morgan fingerprint density at radius 3 is 2.80 bits per heavy atom. The lowest BCUT2D eigenvalue weighted by atomic mass is 10.2. The summed E-state index contributed by atoms with van der Waals surface area (Å²) in [6, 6.07) is 5.30. The number of aromatic nitrogens is 1. The maximum atomic E-state index is 11.6. The van der Waals surface area contributed by atoms with Crippen molar-refractivity contribution in [2.75, 3.05) is 11.2 Å². The lowest BCUT2D eigenvalue weighted by Crippen LogP contribution is -2.10. The van der Waals surface area contributed by atoms with E-state index in [2.05, 4.69) is 10.3 Å². The van der Waals surface area contributed by atoms with Gasteiger partial charge in [0.25, 0.3) is 0 Å². The molecule has 0 aliphatic rings. The van der Waals surface area contributed by atoms with Crippen molar-refractivity contribution in [2.24, 2.45) is 0 Å². The quantitative estimate of drug-likeness (QED) is 0.765. The van der Waals surface area contributed by atoms with Crippen molar-refractivity contribution in [1.29, 1.82) is 0 Å². The van der Waals surface area contributed by atoms with Crippen LogP contribution in [0.25, 0.3) is 11.3 Å². The Hall–Kier alpha value is -0.810. The molecule has 20 heavy (non-hydrogen) atoms. The van der Waals surface area contributed by atoms with Gasteiger partial charge in [0.05, 0.1) is 15.7 Å². The number of carbonyl (C=O) groups excluding carboxylic acids is 1. The zero-order valence-corrected chi connectivity index (χ0v) is 13.4. The van der Waals surface area contributed by atoms with Gasteiger partial charge in [-0.25, -0.2) is 4.98 Å². The first-order valence-corrected chi connectivity index (χ1v) is 8.04. The number of nitrogens with zero attached hydrogens (tertiary/aromatic N) is 1. The lowest BCUT2D eigenvalue weighted by molar-refractivity contribution is -0.116. The number of rotatable bonds is 5. The van der Waals surface area contributed by atoms with E-state index in [1.807, 2.05) is 11.4 Å². The Morgan fingerprint density at radius 2 is 2.10 bits per heavy atom. The summed E-state index contributed by atoms with van der Waals surface area (Å²) in [4.78, 5) is 15.9. The van der Waals surface area contributed by atoms with E-state index < -0.39 is 0 Å². The van der Waals surface area contributed by atoms with Crippen LogP contribution in [-0.4, -0.2) is 16.8 Å². The number of hydrogen-bond acceptors (Lipinski definition) is 3. The minimum Gasteiger partial charge on any atom is -0.302 e. The number of halogens is 3. The summed E-state index contributed by atoms with van der Waals surface area (Å²) in [6.07, 6.45) is 1.05. The van der Waals surface area contributed by atoms with Gasteiger partial charge in [0.1, 0.15) is 0 Å².